The fraction of sp³-hybridized carbons (Fsp3) is 0.324. The minimum absolute atomic E-state index is 0.103. The summed E-state index contributed by atoms with van der Waals surface area (Å²) in [6.45, 7) is 3.84. The van der Waals surface area contributed by atoms with Crippen LogP contribution in [0, 0.1) is 17.8 Å². The summed E-state index contributed by atoms with van der Waals surface area (Å²) in [7, 11) is 0. The summed E-state index contributed by atoms with van der Waals surface area (Å²) in [5.74, 6) is -2.84. The molecule has 45 heavy (non-hydrogen) atoms. The molecule has 0 aliphatic carbocycles. The second-order valence-electron chi connectivity index (χ2n) is 12.8. The first kappa shape index (κ1) is 29.2. The first-order valence-corrected chi connectivity index (χ1v) is 15.6. The molecule has 3 fully saturated rings. The molecule has 1 spiro atoms. The summed E-state index contributed by atoms with van der Waals surface area (Å²) in [5, 5.41) is 18.9. The smallest absolute Gasteiger partial charge is 0.250 e. The number of nitrogens with zero attached hydrogens (tertiary/aromatic N) is 1. The van der Waals surface area contributed by atoms with Crippen LogP contribution < -0.4 is 10.6 Å². The van der Waals surface area contributed by atoms with Crippen LogP contribution in [0.15, 0.2) is 103 Å². The van der Waals surface area contributed by atoms with Gasteiger partial charge in [-0.15, -0.1) is 0 Å². The van der Waals surface area contributed by atoms with Crippen LogP contribution in [0.3, 0.4) is 0 Å². The number of amides is 3. The van der Waals surface area contributed by atoms with E-state index in [1.165, 1.54) is 4.90 Å². The highest BCUT2D eigenvalue weighted by atomic mass is 16.5. The Labute approximate surface area is 262 Å². The van der Waals surface area contributed by atoms with Crippen LogP contribution in [0.4, 0.5) is 5.69 Å². The first-order chi connectivity index (χ1) is 21.8. The van der Waals surface area contributed by atoms with Crippen molar-refractivity contribution in [1.29, 1.82) is 0 Å². The topological polar surface area (TPSA) is 108 Å². The van der Waals surface area contributed by atoms with E-state index >= 15 is 0 Å². The number of hydrogen-bond donors (Lipinski definition) is 3. The summed E-state index contributed by atoms with van der Waals surface area (Å²) in [6, 6.07) is 30.5. The molecule has 8 heteroatoms. The van der Waals surface area contributed by atoms with Gasteiger partial charge in [-0.05, 0) is 53.3 Å². The predicted octanol–water partition coefficient (Wildman–Crippen LogP) is 4.84. The molecule has 0 radical (unpaired) electrons. The molecule has 0 aromatic heterocycles. The number of fused-ring (bicyclic) bond motifs is 2. The third kappa shape index (κ3) is 4.62. The summed E-state index contributed by atoms with van der Waals surface area (Å²) in [6.07, 6.45) is 0.432. The lowest BCUT2D eigenvalue weighted by atomic mass is 9.62. The molecule has 3 aliphatic rings. The SMILES string of the molecule is CC1CC23O[C@]1(C)[C@@H](C(=O)NCc1ccccc1)[C@H]2C(=O)N([C@H](CO)c1ccccc1)C3C(=O)Nc1ccc2ccccc2c1. The number of nitrogens with one attached hydrogen (secondary N) is 2. The molecule has 3 N–H and O–H groups in total. The third-order valence-corrected chi connectivity index (χ3v) is 10.3. The lowest BCUT2D eigenvalue weighted by molar-refractivity contribution is -0.149. The van der Waals surface area contributed by atoms with Gasteiger partial charge >= 0.3 is 0 Å². The Morgan fingerprint density at radius 1 is 0.933 bits per heavy atom. The van der Waals surface area contributed by atoms with E-state index in [0.29, 0.717) is 24.2 Å². The standard InChI is InChI=1S/C37H37N3O5/c1-23-20-37-31(30(36(23,2)45-37)33(42)38-21-24-11-5-3-6-12-24)35(44)40(29(22-41)26-14-7-4-8-15-26)32(37)34(43)39-28-18-17-25-13-9-10-16-27(25)19-28/h3-19,23,29-32,41H,20-22H2,1-2H3,(H,38,42)(H,39,43)/t23?,29-,30-,31+,32?,36+,37?/m1/s1. The quantitative estimate of drug-likeness (QED) is 0.267. The monoisotopic (exact) mass is 603 g/mol. The van der Waals surface area contributed by atoms with E-state index in [-0.39, 0.29) is 17.7 Å². The Morgan fingerprint density at radius 3 is 2.31 bits per heavy atom. The zero-order valence-electron chi connectivity index (χ0n) is 25.4. The third-order valence-electron chi connectivity index (χ3n) is 10.3. The van der Waals surface area contributed by atoms with Crippen molar-refractivity contribution in [3.8, 4) is 0 Å². The lowest BCUT2D eigenvalue weighted by Gasteiger charge is -2.37. The normalized spacial score (nSPS) is 29.0. The van der Waals surface area contributed by atoms with Crippen molar-refractivity contribution < 1.29 is 24.2 Å². The molecule has 3 saturated heterocycles. The van der Waals surface area contributed by atoms with Crippen LogP contribution >= 0.6 is 0 Å². The van der Waals surface area contributed by atoms with E-state index in [1.807, 2.05) is 117 Å². The van der Waals surface area contributed by atoms with Gasteiger partial charge in [0, 0.05) is 12.2 Å². The maximum atomic E-state index is 14.7. The molecule has 3 amide bonds. The van der Waals surface area contributed by atoms with Crippen molar-refractivity contribution in [3.63, 3.8) is 0 Å². The van der Waals surface area contributed by atoms with E-state index in [4.69, 9.17) is 4.74 Å². The maximum absolute atomic E-state index is 14.7. The van der Waals surface area contributed by atoms with Crippen LogP contribution in [-0.4, -0.2) is 51.6 Å². The number of benzene rings is 4. The Kier molecular flexibility index (Phi) is 7.22. The largest absolute Gasteiger partial charge is 0.394 e. The van der Waals surface area contributed by atoms with E-state index in [1.54, 1.807) is 0 Å². The average Bonchev–Trinajstić information content (AvgIpc) is 3.57. The Morgan fingerprint density at radius 2 is 1.60 bits per heavy atom. The van der Waals surface area contributed by atoms with Crippen molar-refractivity contribution in [2.75, 3.05) is 11.9 Å². The molecule has 7 atom stereocenters. The second kappa shape index (κ2) is 11.1. The van der Waals surface area contributed by atoms with E-state index in [2.05, 4.69) is 10.6 Å². The molecule has 4 aromatic rings. The van der Waals surface area contributed by atoms with Gasteiger partial charge in [-0.1, -0.05) is 97.9 Å². The first-order valence-electron chi connectivity index (χ1n) is 15.6. The van der Waals surface area contributed by atoms with Crippen LogP contribution in [0.1, 0.15) is 37.4 Å². The number of carbonyl (C=O) groups is 3. The minimum atomic E-state index is -1.25. The molecule has 7 rings (SSSR count). The van der Waals surface area contributed by atoms with Crippen molar-refractivity contribution >= 4 is 34.2 Å². The van der Waals surface area contributed by atoms with Crippen molar-refractivity contribution in [1.82, 2.24) is 10.2 Å². The molecule has 2 bridgehead atoms. The fourth-order valence-corrected chi connectivity index (χ4v) is 8.11. The predicted molar refractivity (Wildman–Crippen MR) is 171 cm³/mol. The highest BCUT2D eigenvalue weighted by Crippen LogP contribution is 2.66. The van der Waals surface area contributed by atoms with E-state index in [9.17, 15) is 19.5 Å². The molecule has 230 valence electrons. The Hall–Kier alpha value is -4.53. The molecule has 8 nitrogen and oxygen atoms in total. The van der Waals surface area contributed by atoms with Crippen molar-refractivity contribution in [2.24, 2.45) is 17.8 Å². The highest BCUT2D eigenvalue weighted by Gasteiger charge is 2.80. The lowest BCUT2D eigenvalue weighted by Crippen LogP contribution is -2.55. The van der Waals surface area contributed by atoms with Gasteiger partial charge in [-0.25, -0.2) is 0 Å². The van der Waals surface area contributed by atoms with Crippen molar-refractivity contribution in [3.05, 3.63) is 114 Å². The van der Waals surface area contributed by atoms with Gasteiger partial charge in [0.05, 0.1) is 30.1 Å². The van der Waals surface area contributed by atoms with Crippen LogP contribution in [0.5, 0.6) is 0 Å². The Bertz CT molecular complexity index is 1760. The average molecular weight is 604 g/mol. The Balaban J connectivity index is 1.29. The number of aliphatic hydroxyl groups is 1. The number of carbonyl (C=O) groups excluding carboxylic acids is 3. The minimum Gasteiger partial charge on any atom is -0.394 e. The number of aliphatic hydroxyl groups excluding tert-OH is 1. The zero-order valence-corrected chi connectivity index (χ0v) is 25.4. The summed E-state index contributed by atoms with van der Waals surface area (Å²) in [4.78, 5) is 44.7. The second-order valence-corrected chi connectivity index (χ2v) is 12.8. The van der Waals surface area contributed by atoms with Gasteiger partial charge < -0.3 is 25.4 Å². The molecule has 3 heterocycles. The van der Waals surface area contributed by atoms with Crippen LogP contribution in [0.25, 0.3) is 10.8 Å². The number of rotatable bonds is 8. The zero-order chi connectivity index (χ0) is 31.3. The number of anilines is 1. The number of likely N-dealkylation sites (tertiary alicyclic amines) is 1. The summed E-state index contributed by atoms with van der Waals surface area (Å²) >= 11 is 0. The van der Waals surface area contributed by atoms with Gasteiger partial charge in [-0.3, -0.25) is 14.4 Å². The van der Waals surface area contributed by atoms with Gasteiger partial charge in [-0.2, -0.15) is 0 Å². The van der Waals surface area contributed by atoms with E-state index < -0.39 is 47.6 Å². The molecular weight excluding hydrogens is 566 g/mol. The molecular formula is C37H37N3O5. The van der Waals surface area contributed by atoms with Gasteiger partial charge in [0.25, 0.3) is 0 Å². The summed E-state index contributed by atoms with van der Waals surface area (Å²) in [5.41, 5.74) is 0.0424. The number of ether oxygens (including phenoxy) is 1. The molecule has 3 aliphatic heterocycles. The summed E-state index contributed by atoms with van der Waals surface area (Å²) < 4.78 is 6.88. The van der Waals surface area contributed by atoms with Crippen molar-refractivity contribution in [2.45, 2.75) is 50.1 Å². The van der Waals surface area contributed by atoms with Crippen LogP contribution in [0.2, 0.25) is 0 Å². The maximum Gasteiger partial charge on any atom is 0.250 e. The number of hydrogen-bond acceptors (Lipinski definition) is 5. The fourth-order valence-electron chi connectivity index (χ4n) is 8.11. The highest BCUT2D eigenvalue weighted by molar-refractivity contribution is 6.04. The van der Waals surface area contributed by atoms with E-state index in [0.717, 1.165) is 16.3 Å². The van der Waals surface area contributed by atoms with Gasteiger partial charge in [0.15, 0.2) is 0 Å². The molecule has 0 saturated carbocycles. The van der Waals surface area contributed by atoms with Crippen LogP contribution in [-0.2, 0) is 25.7 Å². The molecule has 4 aromatic carbocycles. The van der Waals surface area contributed by atoms with Gasteiger partial charge in [0.2, 0.25) is 17.7 Å². The molecule has 3 unspecified atom stereocenters. The van der Waals surface area contributed by atoms with Gasteiger partial charge in [0.1, 0.15) is 11.6 Å².